The van der Waals surface area contributed by atoms with Crippen molar-refractivity contribution in [3.05, 3.63) is 30.4 Å². The van der Waals surface area contributed by atoms with Gasteiger partial charge in [0.1, 0.15) is 23.7 Å². The predicted molar refractivity (Wildman–Crippen MR) is 119 cm³/mol. The molecule has 0 radical (unpaired) electrons. The maximum absolute atomic E-state index is 5.40. The molecule has 0 bridgehead atoms. The van der Waals surface area contributed by atoms with Gasteiger partial charge in [-0.05, 0) is 12.8 Å². The van der Waals surface area contributed by atoms with Crippen LogP contribution in [0.25, 0.3) is 0 Å². The lowest BCUT2D eigenvalue weighted by atomic mass is 10.0. The normalized spacial score (nSPS) is 15.2. The van der Waals surface area contributed by atoms with E-state index in [0.717, 1.165) is 74.4 Å². The zero-order chi connectivity index (χ0) is 21.3. The van der Waals surface area contributed by atoms with Crippen molar-refractivity contribution in [3.8, 4) is 11.5 Å². The molecule has 1 saturated heterocycles. The Morgan fingerprint density at radius 3 is 2.47 bits per heavy atom. The highest BCUT2D eigenvalue weighted by molar-refractivity contribution is 5.80. The Morgan fingerprint density at radius 2 is 1.87 bits per heavy atom. The summed E-state index contributed by atoms with van der Waals surface area (Å²) in [6.45, 7) is 5.60. The van der Waals surface area contributed by atoms with Crippen molar-refractivity contribution in [2.45, 2.75) is 38.8 Å². The van der Waals surface area contributed by atoms with E-state index in [1.807, 2.05) is 13.1 Å². The molecule has 0 atom stereocenters. The van der Waals surface area contributed by atoms with Crippen molar-refractivity contribution in [1.29, 1.82) is 0 Å². The lowest BCUT2D eigenvalue weighted by Gasteiger charge is -2.34. The van der Waals surface area contributed by atoms with Gasteiger partial charge in [0.2, 0.25) is 0 Å². The summed E-state index contributed by atoms with van der Waals surface area (Å²) in [5.41, 5.74) is 1.13. The molecule has 1 aromatic carbocycles. The summed E-state index contributed by atoms with van der Waals surface area (Å²) in [5.74, 6) is 3.46. The van der Waals surface area contributed by atoms with E-state index in [9.17, 15) is 0 Å². The quantitative estimate of drug-likeness (QED) is 0.501. The number of aryl methyl sites for hydroxylation is 1. The topological polar surface area (TPSA) is 88.8 Å². The van der Waals surface area contributed by atoms with Gasteiger partial charge in [-0.15, -0.1) is 10.2 Å². The van der Waals surface area contributed by atoms with Gasteiger partial charge >= 0.3 is 0 Å². The molecule has 0 spiro atoms. The van der Waals surface area contributed by atoms with E-state index in [1.165, 1.54) is 0 Å². The highest BCUT2D eigenvalue weighted by Crippen LogP contribution is 2.30. The van der Waals surface area contributed by atoms with Crippen LogP contribution in [0.5, 0.6) is 11.5 Å². The largest absolute Gasteiger partial charge is 0.497 e. The van der Waals surface area contributed by atoms with Crippen LogP contribution < -0.4 is 25.0 Å². The number of rotatable bonds is 8. The summed E-state index contributed by atoms with van der Waals surface area (Å²) in [7, 11) is 5.17. The second-order valence-corrected chi connectivity index (χ2v) is 7.27. The molecule has 1 aliphatic rings. The summed E-state index contributed by atoms with van der Waals surface area (Å²) in [5, 5.41) is 15.0. The number of guanidine groups is 1. The van der Waals surface area contributed by atoms with Crippen LogP contribution in [0.3, 0.4) is 0 Å². The molecular formula is C21H33N7O2. The first-order valence-electron chi connectivity index (χ1n) is 10.5. The number of piperidine rings is 1. The van der Waals surface area contributed by atoms with Crippen molar-refractivity contribution in [3.63, 3.8) is 0 Å². The van der Waals surface area contributed by atoms with Gasteiger partial charge in [-0.2, -0.15) is 0 Å². The molecule has 1 aromatic heterocycles. The fourth-order valence-corrected chi connectivity index (χ4v) is 3.68. The molecule has 30 heavy (non-hydrogen) atoms. The molecule has 2 N–H and O–H groups in total. The molecule has 164 valence electrons. The molecule has 0 saturated carbocycles. The Balaban J connectivity index is 1.47. The van der Waals surface area contributed by atoms with Crippen molar-refractivity contribution in [1.82, 2.24) is 25.4 Å². The number of anilines is 1. The molecule has 9 nitrogen and oxygen atoms in total. The Hall–Kier alpha value is -2.97. The molecule has 1 aliphatic heterocycles. The second kappa shape index (κ2) is 10.7. The first-order chi connectivity index (χ1) is 14.7. The smallest absolute Gasteiger partial charge is 0.191 e. The molecular weight excluding hydrogens is 382 g/mol. The number of aromatic nitrogens is 3. The van der Waals surface area contributed by atoms with Gasteiger partial charge < -0.3 is 29.6 Å². The maximum atomic E-state index is 5.40. The SMILES string of the molecule is CCc1nncn1CCNC(=NC)NC1CCN(c2cc(OC)cc(OC)c2)CC1. The molecule has 1 fully saturated rings. The van der Waals surface area contributed by atoms with E-state index < -0.39 is 0 Å². The summed E-state index contributed by atoms with van der Waals surface area (Å²) < 4.78 is 12.9. The van der Waals surface area contributed by atoms with Gasteiger partial charge in [-0.1, -0.05) is 6.92 Å². The van der Waals surface area contributed by atoms with Crippen LogP contribution in [-0.4, -0.2) is 67.7 Å². The van der Waals surface area contributed by atoms with Crippen LogP contribution in [0.2, 0.25) is 0 Å². The molecule has 0 amide bonds. The monoisotopic (exact) mass is 415 g/mol. The zero-order valence-electron chi connectivity index (χ0n) is 18.4. The lowest BCUT2D eigenvalue weighted by Crippen LogP contribution is -2.49. The van der Waals surface area contributed by atoms with Crippen molar-refractivity contribution >= 4 is 11.6 Å². The lowest BCUT2D eigenvalue weighted by molar-refractivity contribution is 0.393. The molecule has 2 heterocycles. The number of ether oxygens (including phenoxy) is 2. The van der Waals surface area contributed by atoms with Crippen molar-refractivity contribution in [2.75, 3.05) is 45.8 Å². The fraction of sp³-hybridized carbons (Fsp3) is 0.571. The van der Waals surface area contributed by atoms with E-state index in [1.54, 1.807) is 20.5 Å². The minimum absolute atomic E-state index is 0.390. The highest BCUT2D eigenvalue weighted by atomic mass is 16.5. The van der Waals surface area contributed by atoms with Gasteiger partial charge in [0.25, 0.3) is 0 Å². The summed E-state index contributed by atoms with van der Waals surface area (Å²) in [4.78, 5) is 6.75. The molecule has 3 rings (SSSR count). The number of nitrogens with one attached hydrogen (secondary N) is 2. The van der Waals surface area contributed by atoms with E-state index in [-0.39, 0.29) is 0 Å². The van der Waals surface area contributed by atoms with Gasteiger partial charge in [0.15, 0.2) is 5.96 Å². The molecule has 9 heteroatoms. The van der Waals surface area contributed by atoms with Crippen LogP contribution in [0.4, 0.5) is 5.69 Å². The maximum Gasteiger partial charge on any atom is 0.191 e. The minimum Gasteiger partial charge on any atom is -0.497 e. The number of hydrogen-bond donors (Lipinski definition) is 2. The zero-order valence-corrected chi connectivity index (χ0v) is 18.4. The fourth-order valence-electron chi connectivity index (χ4n) is 3.68. The van der Waals surface area contributed by atoms with Crippen LogP contribution in [0, 0.1) is 0 Å². The Morgan fingerprint density at radius 1 is 1.17 bits per heavy atom. The summed E-state index contributed by atoms with van der Waals surface area (Å²) in [6, 6.07) is 6.41. The third-order valence-corrected chi connectivity index (χ3v) is 5.42. The van der Waals surface area contributed by atoms with E-state index in [4.69, 9.17) is 9.47 Å². The average molecular weight is 416 g/mol. The highest BCUT2D eigenvalue weighted by Gasteiger charge is 2.21. The van der Waals surface area contributed by atoms with Crippen LogP contribution in [-0.2, 0) is 13.0 Å². The molecule has 0 aliphatic carbocycles. The molecule has 0 unspecified atom stereocenters. The summed E-state index contributed by atoms with van der Waals surface area (Å²) in [6.07, 6.45) is 4.72. The Labute approximate surface area is 178 Å². The minimum atomic E-state index is 0.390. The predicted octanol–water partition coefficient (Wildman–Crippen LogP) is 1.69. The molecule has 2 aromatic rings. The first-order valence-corrected chi connectivity index (χ1v) is 10.5. The number of aliphatic imine (C=N–C) groups is 1. The number of nitrogens with zero attached hydrogens (tertiary/aromatic N) is 5. The van der Waals surface area contributed by atoms with E-state index in [0.29, 0.717) is 6.04 Å². The first kappa shape index (κ1) is 21.7. The van der Waals surface area contributed by atoms with Crippen molar-refractivity contribution in [2.24, 2.45) is 4.99 Å². The van der Waals surface area contributed by atoms with Gasteiger partial charge in [-0.25, -0.2) is 0 Å². The second-order valence-electron chi connectivity index (χ2n) is 7.27. The number of benzene rings is 1. The summed E-state index contributed by atoms with van der Waals surface area (Å²) >= 11 is 0. The van der Waals surface area contributed by atoms with Crippen LogP contribution in [0.1, 0.15) is 25.6 Å². The van der Waals surface area contributed by atoms with Gasteiger partial charge in [0.05, 0.1) is 14.2 Å². The third-order valence-electron chi connectivity index (χ3n) is 5.42. The van der Waals surface area contributed by atoms with Crippen LogP contribution in [0.15, 0.2) is 29.5 Å². The van der Waals surface area contributed by atoms with E-state index >= 15 is 0 Å². The van der Waals surface area contributed by atoms with Crippen molar-refractivity contribution < 1.29 is 9.47 Å². The third kappa shape index (κ3) is 5.55. The number of hydrogen-bond acceptors (Lipinski definition) is 6. The Bertz CT molecular complexity index is 806. The van der Waals surface area contributed by atoms with Gasteiger partial charge in [-0.3, -0.25) is 4.99 Å². The Kier molecular flexibility index (Phi) is 7.75. The average Bonchev–Trinajstić information content (AvgIpc) is 3.25. The standard InChI is InChI=1S/C21H33N7O2/c1-5-20-26-24-15-28(20)11-8-23-21(22-2)25-16-6-9-27(10-7-16)17-12-18(29-3)14-19(13-17)30-4/h12-16H,5-11H2,1-4H3,(H2,22,23,25). The van der Waals surface area contributed by atoms with Crippen LogP contribution >= 0.6 is 0 Å². The number of methoxy groups -OCH3 is 2. The van der Waals surface area contributed by atoms with Gasteiger partial charge in [0, 0.05) is 69.6 Å². The van der Waals surface area contributed by atoms with E-state index in [2.05, 4.69) is 54.3 Å².